The van der Waals surface area contributed by atoms with Crippen molar-refractivity contribution in [1.29, 1.82) is 0 Å². The summed E-state index contributed by atoms with van der Waals surface area (Å²) in [6, 6.07) is 8.26. The third-order valence-electron chi connectivity index (χ3n) is 3.01. The van der Waals surface area contributed by atoms with E-state index in [0.29, 0.717) is 0 Å². The minimum Gasteiger partial charge on any atom is -0.496 e. The van der Waals surface area contributed by atoms with Gasteiger partial charge in [0.25, 0.3) is 0 Å². The molecule has 1 aromatic heterocycles. The van der Waals surface area contributed by atoms with Crippen molar-refractivity contribution >= 4 is 15.9 Å². The molecule has 1 aromatic carbocycles. The first-order valence-corrected chi connectivity index (χ1v) is 6.80. The highest BCUT2D eigenvalue weighted by molar-refractivity contribution is 9.09. The number of methoxy groups -OCH3 is 1. The minimum atomic E-state index is 0.0878. The summed E-state index contributed by atoms with van der Waals surface area (Å²) < 4.78 is 11.0. The van der Waals surface area contributed by atoms with E-state index in [0.717, 1.165) is 28.4 Å². The molecule has 2 rings (SSSR count). The largest absolute Gasteiger partial charge is 0.496 e. The first-order valence-electron chi connectivity index (χ1n) is 5.88. The summed E-state index contributed by atoms with van der Waals surface area (Å²) in [5.41, 5.74) is 3.49. The van der Waals surface area contributed by atoms with Crippen LogP contribution >= 0.6 is 15.9 Å². The maximum atomic E-state index is 5.59. The van der Waals surface area contributed by atoms with E-state index in [1.165, 1.54) is 5.56 Å². The fourth-order valence-electron chi connectivity index (χ4n) is 2.12. The van der Waals surface area contributed by atoms with Gasteiger partial charge in [0.1, 0.15) is 17.3 Å². The lowest BCUT2D eigenvalue weighted by Crippen LogP contribution is -1.98. The fraction of sp³-hybridized carbons (Fsp3) is 0.333. The third kappa shape index (κ3) is 2.46. The Bertz CT molecular complexity index is 558. The number of ether oxygens (including phenoxy) is 1. The van der Waals surface area contributed by atoms with Crippen molar-refractivity contribution in [2.75, 3.05) is 7.11 Å². The Morgan fingerprint density at radius 1 is 1.11 bits per heavy atom. The van der Waals surface area contributed by atoms with Gasteiger partial charge in [0, 0.05) is 11.1 Å². The smallest absolute Gasteiger partial charge is 0.123 e. The Hall–Kier alpha value is -1.22. The number of rotatable bonds is 3. The molecule has 96 valence electrons. The van der Waals surface area contributed by atoms with Crippen LogP contribution in [-0.2, 0) is 0 Å². The Morgan fingerprint density at radius 3 is 2.39 bits per heavy atom. The third-order valence-corrected chi connectivity index (χ3v) is 4.00. The predicted molar refractivity (Wildman–Crippen MR) is 76.7 cm³/mol. The van der Waals surface area contributed by atoms with Crippen LogP contribution in [0.4, 0.5) is 0 Å². The fourth-order valence-corrected chi connectivity index (χ4v) is 2.93. The van der Waals surface area contributed by atoms with Gasteiger partial charge in [0.05, 0.1) is 11.9 Å². The van der Waals surface area contributed by atoms with E-state index in [1.54, 1.807) is 7.11 Å². The molecule has 0 aliphatic carbocycles. The molecule has 0 amide bonds. The summed E-state index contributed by atoms with van der Waals surface area (Å²) in [6.07, 6.45) is 0. The van der Waals surface area contributed by atoms with E-state index >= 15 is 0 Å². The molecule has 3 heteroatoms. The zero-order chi connectivity index (χ0) is 13.3. The molecule has 0 fully saturated rings. The molecule has 0 saturated heterocycles. The van der Waals surface area contributed by atoms with Crippen molar-refractivity contribution in [3.05, 3.63) is 52.5 Å². The second-order valence-corrected chi connectivity index (χ2v) is 5.39. The number of aryl methyl sites for hydroxylation is 3. The first-order chi connectivity index (χ1) is 8.52. The van der Waals surface area contributed by atoms with Crippen LogP contribution in [0.25, 0.3) is 0 Å². The maximum absolute atomic E-state index is 5.59. The number of halogens is 1. The Balaban J connectivity index is 2.48. The van der Waals surface area contributed by atoms with Gasteiger partial charge in [-0.3, -0.25) is 0 Å². The van der Waals surface area contributed by atoms with Gasteiger partial charge >= 0.3 is 0 Å². The molecule has 18 heavy (non-hydrogen) atoms. The van der Waals surface area contributed by atoms with Gasteiger partial charge in [-0.2, -0.15) is 0 Å². The molecule has 1 heterocycles. The van der Waals surface area contributed by atoms with Crippen LogP contribution in [0.15, 0.2) is 28.7 Å². The molecular weight excluding hydrogens is 292 g/mol. The van der Waals surface area contributed by atoms with Crippen LogP contribution in [-0.4, -0.2) is 7.11 Å². The van der Waals surface area contributed by atoms with Crippen LogP contribution in [0.1, 0.15) is 33.0 Å². The van der Waals surface area contributed by atoms with Crippen LogP contribution in [0.5, 0.6) is 5.75 Å². The lowest BCUT2D eigenvalue weighted by atomic mass is 10.0. The van der Waals surface area contributed by atoms with Crippen molar-refractivity contribution in [1.82, 2.24) is 0 Å². The standard InChI is InChI=1S/C15H17BrO2/c1-9-5-6-14(17-4)13(7-9)15(16)12-8-10(2)18-11(12)3/h5-8,15H,1-4H3. The van der Waals surface area contributed by atoms with Crippen molar-refractivity contribution in [2.24, 2.45) is 0 Å². The van der Waals surface area contributed by atoms with Crippen LogP contribution in [0.3, 0.4) is 0 Å². The molecule has 0 aliphatic rings. The highest BCUT2D eigenvalue weighted by atomic mass is 79.9. The van der Waals surface area contributed by atoms with Crippen LogP contribution in [0, 0.1) is 20.8 Å². The second kappa shape index (κ2) is 5.19. The zero-order valence-corrected chi connectivity index (χ0v) is 12.7. The number of hydrogen-bond acceptors (Lipinski definition) is 2. The van der Waals surface area contributed by atoms with E-state index in [9.17, 15) is 0 Å². The zero-order valence-electron chi connectivity index (χ0n) is 11.1. The molecule has 0 aliphatic heterocycles. The maximum Gasteiger partial charge on any atom is 0.123 e. The molecule has 0 bridgehead atoms. The monoisotopic (exact) mass is 308 g/mol. The highest BCUT2D eigenvalue weighted by Gasteiger charge is 2.19. The normalized spacial score (nSPS) is 12.5. The summed E-state index contributed by atoms with van der Waals surface area (Å²) in [4.78, 5) is 0.0878. The Kier molecular flexibility index (Phi) is 3.81. The van der Waals surface area contributed by atoms with Gasteiger partial charge in [-0.05, 0) is 32.9 Å². The van der Waals surface area contributed by atoms with Gasteiger partial charge in [0.15, 0.2) is 0 Å². The molecule has 0 spiro atoms. The van der Waals surface area contributed by atoms with Gasteiger partial charge in [-0.1, -0.05) is 33.6 Å². The van der Waals surface area contributed by atoms with Crippen molar-refractivity contribution in [3.63, 3.8) is 0 Å². The Morgan fingerprint density at radius 2 is 1.83 bits per heavy atom. The highest BCUT2D eigenvalue weighted by Crippen LogP contribution is 2.39. The van der Waals surface area contributed by atoms with Crippen molar-refractivity contribution < 1.29 is 9.15 Å². The van der Waals surface area contributed by atoms with Crippen LogP contribution < -0.4 is 4.74 Å². The van der Waals surface area contributed by atoms with Gasteiger partial charge in [0.2, 0.25) is 0 Å². The molecule has 0 saturated carbocycles. The summed E-state index contributed by atoms with van der Waals surface area (Å²) in [5.74, 6) is 2.76. The van der Waals surface area contributed by atoms with E-state index in [-0.39, 0.29) is 4.83 Å². The molecule has 1 unspecified atom stereocenters. The number of benzene rings is 1. The SMILES string of the molecule is COc1ccc(C)cc1C(Br)c1cc(C)oc1C. The summed E-state index contributed by atoms with van der Waals surface area (Å²) in [5, 5.41) is 0. The second-order valence-electron chi connectivity index (χ2n) is 4.48. The van der Waals surface area contributed by atoms with Gasteiger partial charge in [-0.15, -0.1) is 0 Å². The number of alkyl halides is 1. The summed E-state index contributed by atoms with van der Waals surface area (Å²) in [6.45, 7) is 6.03. The Labute approximate surface area is 116 Å². The predicted octanol–water partition coefficient (Wildman–Crippen LogP) is 4.70. The topological polar surface area (TPSA) is 22.4 Å². The molecule has 0 N–H and O–H groups in total. The van der Waals surface area contributed by atoms with E-state index in [2.05, 4.69) is 41.1 Å². The van der Waals surface area contributed by atoms with Crippen LogP contribution in [0.2, 0.25) is 0 Å². The number of furan rings is 1. The minimum absolute atomic E-state index is 0.0878. The summed E-state index contributed by atoms with van der Waals surface area (Å²) in [7, 11) is 1.70. The first kappa shape index (κ1) is 13.2. The molecule has 0 radical (unpaired) electrons. The van der Waals surface area contributed by atoms with Gasteiger partial charge < -0.3 is 9.15 Å². The number of hydrogen-bond donors (Lipinski definition) is 0. The quantitative estimate of drug-likeness (QED) is 0.767. The van der Waals surface area contributed by atoms with E-state index in [4.69, 9.17) is 9.15 Å². The van der Waals surface area contributed by atoms with Gasteiger partial charge in [-0.25, -0.2) is 0 Å². The lowest BCUT2D eigenvalue weighted by Gasteiger charge is -2.14. The van der Waals surface area contributed by atoms with Crippen molar-refractivity contribution in [2.45, 2.75) is 25.6 Å². The summed E-state index contributed by atoms with van der Waals surface area (Å²) >= 11 is 3.74. The lowest BCUT2D eigenvalue weighted by molar-refractivity contribution is 0.410. The van der Waals surface area contributed by atoms with E-state index < -0.39 is 0 Å². The molecule has 2 aromatic rings. The molecule has 1 atom stereocenters. The average molecular weight is 309 g/mol. The average Bonchev–Trinajstić information content (AvgIpc) is 2.67. The molecular formula is C15H17BrO2. The van der Waals surface area contributed by atoms with Crippen molar-refractivity contribution in [3.8, 4) is 5.75 Å². The molecule has 2 nitrogen and oxygen atoms in total. The van der Waals surface area contributed by atoms with E-state index in [1.807, 2.05) is 19.9 Å².